The van der Waals surface area contributed by atoms with E-state index < -0.39 is 33.8 Å². The number of nitrogens with one attached hydrogen (secondary N) is 1. The number of benzene rings is 2. The van der Waals surface area contributed by atoms with Gasteiger partial charge in [-0.3, -0.25) is 14.4 Å². The largest absolute Gasteiger partial charge is 0.282 e. The van der Waals surface area contributed by atoms with Crippen LogP contribution in [0, 0.1) is 0 Å². The van der Waals surface area contributed by atoms with Crippen molar-refractivity contribution in [1.29, 1.82) is 0 Å². The van der Waals surface area contributed by atoms with Crippen LogP contribution in [-0.2, 0) is 19.6 Å². The number of carbonyl (C=O) groups is 3. The van der Waals surface area contributed by atoms with Gasteiger partial charge < -0.3 is 0 Å². The Hall–Kier alpha value is -3.44. The summed E-state index contributed by atoms with van der Waals surface area (Å²) in [5, 5.41) is 13.0. The molecule has 2 aromatic rings. The third-order valence-corrected chi connectivity index (χ3v) is 5.79. The Bertz CT molecular complexity index is 1210. The normalized spacial score (nSPS) is 16.5. The van der Waals surface area contributed by atoms with E-state index in [1.54, 1.807) is 6.92 Å². The summed E-state index contributed by atoms with van der Waals surface area (Å²) in [5.41, 5.74) is 0.786. The van der Waals surface area contributed by atoms with Crippen molar-refractivity contribution in [3.8, 4) is 0 Å². The summed E-state index contributed by atoms with van der Waals surface area (Å²) in [7, 11) is -3.97. The van der Waals surface area contributed by atoms with Crippen LogP contribution in [-0.4, -0.2) is 42.9 Å². The van der Waals surface area contributed by atoms with Crippen molar-refractivity contribution in [3.63, 3.8) is 0 Å². The molecular weight excluding hydrogens is 446 g/mol. The smallest absolute Gasteiger partial charge is 0.274 e. The van der Waals surface area contributed by atoms with Gasteiger partial charge in [-0.05, 0) is 55.5 Å². The molecule has 0 bridgehead atoms. The monoisotopic (exact) mass is 461 g/mol. The molecule has 3 amide bonds. The summed E-state index contributed by atoms with van der Waals surface area (Å²) in [4.78, 5) is 36.0. The molecule has 3 rings (SSSR count). The van der Waals surface area contributed by atoms with Crippen molar-refractivity contribution in [2.75, 3.05) is 0 Å². The zero-order chi connectivity index (χ0) is 22.8. The molecule has 160 valence electrons. The molecule has 31 heavy (non-hydrogen) atoms. The number of sulfonamides is 1. The van der Waals surface area contributed by atoms with E-state index in [0.717, 1.165) is 11.9 Å². The zero-order valence-corrected chi connectivity index (χ0v) is 17.9. The Morgan fingerprint density at radius 2 is 1.71 bits per heavy atom. The fourth-order valence-corrected chi connectivity index (χ4v) is 3.73. The number of nitrogens with zero attached hydrogens (tertiary/aromatic N) is 4. The Morgan fingerprint density at radius 3 is 2.29 bits per heavy atom. The molecule has 12 heteroatoms. The number of hydrogen-bond acceptors (Lipinski definition) is 8. The molecule has 0 saturated heterocycles. The highest BCUT2D eigenvalue weighted by Crippen LogP contribution is 2.21. The lowest BCUT2D eigenvalue weighted by atomic mass is 10.2. The summed E-state index contributed by atoms with van der Waals surface area (Å²) in [6, 6.07) is 10.1. The molecule has 0 fully saturated rings. The number of carbonyl (C=O) groups excluding carboxylic acids is 3. The van der Waals surface area contributed by atoms with Crippen LogP contribution in [0.25, 0.3) is 0 Å². The summed E-state index contributed by atoms with van der Waals surface area (Å²) in [5.74, 6) is -1.99. The van der Waals surface area contributed by atoms with Crippen molar-refractivity contribution >= 4 is 50.7 Å². The van der Waals surface area contributed by atoms with Gasteiger partial charge in [-0.15, -0.1) is 0 Å². The van der Waals surface area contributed by atoms with E-state index in [4.69, 9.17) is 11.6 Å². The zero-order valence-electron chi connectivity index (χ0n) is 16.3. The van der Waals surface area contributed by atoms with Gasteiger partial charge >= 0.3 is 0 Å². The number of hydrazone groups is 1. The SMILES string of the molecule is CC(=O)NS(=O)(=O)c1ccc(/N=N/C2C(=O)N(C(=O)c3ccc(Cl)cc3)N=C2C)cc1. The fraction of sp³-hybridized carbons (Fsp3) is 0.158. The van der Waals surface area contributed by atoms with Gasteiger partial charge in [-0.1, -0.05) is 11.6 Å². The van der Waals surface area contributed by atoms with Crippen LogP contribution in [0.4, 0.5) is 5.69 Å². The molecule has 0 spiro atoms. The first kappa shape index (κ1) is 22.2. The van der Waals surface area contributed by atoms with E-state index in [-0.39, 0.29) is 21.9 Å². The Balaban J connectivity index is 1.73. The summed E-state index contributed by atoms with van der Waals surface area (Å²) in [6.07, 6.45) is 0. The molecular formula is C19H16ClN5O5S. The summed E-state index contributed by atoms with van der Waals surface area (Å²) >= 11 is 5.81. The molecule has 0 aliphatic carbocycles. The topological polar surface area (TPSA) is 138 Å². The Labute approximate surface area is 182 Å². The minimum atomic E-state index is -3.97. The third kappa shape index (κ3) is 5.01. The maximum Gasteiger partial charge on any atom is 0.282 e. The van der Waals surface area contributed by atoms with Gasteiger partial charge in [-0.2, -0.15) is 20.3 Å². The van der Waals surface area contributed by atoms with Gasteiger partial charge in [0, 0.05) is 17.5 Å². The average molecular weight is 462 g/mol. The van der Waals surface area contributed by atoms with E-state index in [1.807, 2.05) is 4.72 Å². The van der Waals surface area contributed by atoms with E-state index in [1.165, 1.54) is 48.5 Å². The van der Waals surface area contributed by atoms with Crippen molar-refractivity contribution in [3.05, 3.63) is 59.1 Å². The standard InChI is InChI=1S/C19H16ClN5O5S/c1-11-17(19(28)25(23-11)18(27)13-3-5-14(20)6-4-13)22-21-15-7-9-16(10-8-15)31(29,30)24-12(2)26/h3-10,17H,1-2H3,(H,24,26)/b22-21+. The predicted molar refractivity (Wildman–Crippen MR) is 111 cm³/mol. The fourth-order valence-electron chi connectivity index (χ4n) is 2.61. The van der Waals surface area contributed by atoms with Gasteiger partial charge in [0.15, 0.2) is 6.04 Å². The van der Waals surface area contributed by atoms with Gasteiger partial charge in [-0.25, -0.2) is 13.1 Å². The minimum Gasteiger partial charge on any atom is -0.274 e. The average Bonchev–Trinajstić information content (AvgIpc) is 2.99. The highest BCUT2D eigenvalue weighted by atomic mass is 35.5. The van der Waals surface area contributed by atoms with Crippen molar-refractivity contribution in [2.24, 2.45) is 15.3 Å². The van der Waals surface area contributed by atoms with Crippen LogP contribution in [0.15, 0.2) is 68.8 Å². The second kappa shape index (κ2) is 8.74. The van der Waals surface area contributed by atoms with E-state index in [0.29, 0.717) is 5.02 Å². The van der Waals surface area contributed by atoms with Crippen molar-refractivity contribution in [1.82, 2.24) is 9.73 Å². The van der Waals surface area contributed by atoms with Crippen LogP contribution in [0.2, 0.25) is 5.02 Å². The number of imide groups is 1. The molecule has 0 radical (unpaired) electrons. The minimum absolute atomic E-state index is 0.129. The lowest BCUT2D eigenvalue weighted by Crippen LogP contribution is -2.34. The van der Waals surface area contributed by atoms with Gasteiger partial charge in [0.05, 0.1) is 16.3 Å². The van der Waals surface area contributed by atoms with Crippen LogP contribution in [0.5, 0.6) is 0 Å². The first-order valence-corrected chi connectivity index (χ1v) is 10.7. The quantitative estimate of drug-likeness (QED) is 0.538. The van der Waals surface area contributed by atoms with Crippen molar-refractivity contribution in [2.45, 2.75) is 24.8 Å². The summed E-state index contributed by atoms with van der Waals surface area (Å²) < 4.78 is 25.8. The Morgan fingerprint density at radius 1 is 1.10 bits per heavy atom. The first-order chi connectivity index (χ1) is 14.6. The molecule has 1 heterocycles. The molecule has 1 aliphatic rings. The molecule has 1 aliphatic heterocycles. The number of halogens is 1. The lowest BCUT2D eigenvalue weighted by molar-refractivity contribution is -0.127. The number of amides is 3. The lowest BCUT2D eigenvalue weighted by Gasteiger charge is -2.10. The predicted octanol–water partition coefficient (Wildman–Crippen LogP) is 2.68. The van der Waals surface area contributed by atoms with Crippen molar-refractivity contribution < 1.29 is 22.8 Å². The van der Waals surface area contributed by atoms with E-state index in [2.05, 4.69) is 15.3 Å². The number of azo groups is 1. The van der Waals surface area contributed by atoms with Crippen LogP contribution in [0.1, 0.15) is 24.2 Å². The summed E-state index contributed by atoms with van der Waals surface area (Å²) in [6.45, 7) is 2.63. The highest BCUT2D eigenvalue weighted by molar-refractivity contribution is 7.90. The van der Waals surface area contributed by atoms with E-state index in [9.17, 15) is 22.8 Å². The molecule has 1 N–H and O–H groups in total. The first-order valence-electron chi connectivity index (χ1n) is 8.82. The van der Waals surface area contributed by atoms with E-state index >= 15 is 0 Å². The van der Waals surface area contributed by atoms with Crippen LogP contribution < -0.4 is 4.72 Å². The molecule has 0 aromatic heterocycles. The maximum absolute atomic E-state index is 12.6. The maximum atomic E-state index is 12.6. The van der Waals surface area contributed by atoms with Gasteiger partial charge in [0.25, 0.3) is 21.8 Å². The molecule has 0 saturated carbocycles. The van der Waals surface area contributed by atoms with Crippen LogP contribution in [0.3, 0.4) is 0 Å². The molecule has 1 atom stereocenters. The molecule has 1 unspecified atom stereocenters. The number of hydrogen-bond donors (Lipinski definition) is 1. The van der Waals surface area contributed by atoms with Crippen LogP contribution >= 0.6 is 11.6 Å². The number of rotatable bonds is 5. The molecule has 10 nitrogen and oxygen atoms in total. The second-order valence-corrected chi connectivity index (χ2v) is 8.60. The molecule has 2 aromatic carbocycles. The highest BCUT2D eigenvalue weighted by Gasteiger charge is 2.38. The van der Waals surface area contributed by atoms with Gasteiger partial charge in [0.2, 0.25) is 5.91 Å². The second-order valence-electron chi connectivity index (χ2n) is 6.48. The van der Waals surface area contributed by atoms with Gasteiger partial charge in [0.1, 0.15) is 0 Å². The third-order valence-electron chi connectivity index (χ3n) is 4.09. The Kier molecular flexibility index (Phi) is 6.27.